The van der Waals surface area contributed by atoms with E-state index in [1.54, 1.807) is 24.3 Å². The number of hydrogen-bond acceptors (Lipinski definition) is 7. The summed E-state index contributed by atoms with van der Waals surface area (Å²) in [4.78, 5) is 92.8. The Labute approximate surface area is 430 Å². The Morgan fingerprint density at radius 3 is 1.36 bits per heavy atom. The minimum absolute atomic E-state index is 0.00545. The number of carboxylic acid groups (broad SMARTS) is 2. The Morgan fingerprint density at radius 2 is 0.905 bits per heavy atom. The third kappa shape index (κ3) is 13.5. The molecule has 1 aliphatic heterocycles. The smallest absolute Gasteiger partial charge is 0.335 e. The number of carbonyl (C=O) groups excluding carboxylic acids is 5. The zero-order valence-electron chi connectivity index (χ0n) is 42.7. The summed E-state index contributed by atoms with van der Waals surface area (Å²) in [5.74, 6) is -2.47. The van der Waals surface area contributed by atoms with Crippen LogP contribution in [0.5, 0.6) is 0 Å². The van der Waals surface area contributed by atoms with Gasteiger partial charge in [-0.25, -0.2) is 33.6 Å². The predicted octanol–water partition coefficient (Wildman–Crippen LogP) is 9.42. The highest BCUT2D eigenvalue weighted by molar-refractivity contribution is 6.02. The zero-order chi connectivity index (χ0) is 53.5. The fraction of sp³-hybridized carbons (Fsp3) is 0.327. The van der Waals surface area contributed by atoms with Crippen LogP contribution in [-0.4, -0.2) is 58.9 Å². The maximum Gasteiger partial charge on any atom is 0.335 e. The van der Waals surface area contributed by atoms with Gasteiger partial charge >= 0.3 is 42.1 Å². The Kier molecular flexibility index (Phi) is 19.0. The molecule has 4 bridgehead atoms. The maximum atomic E-state index is 14.0. The van der Waals surface area contributed by atoms with Gasteiger partial charge in [0.2, 0.25) is 0 Å². The van der Waals surface area contributed by atoms with Crippen molar-refractivity contribution in [2.24, 2.45) is 0 Å². The Hall–Kier alpha value is -8.61. The SMILES string of the molecule is CCc1cc(CC)c2c(CC)c1CCNC(=O)Nc1cc(C(=O)O)ccc1NC(=O)NCc1c(CC)c(CNC(=O)Nc3ccccc3)c(CC)c(c1CC)CNC(=O)Nc1ccc(C(=O)O)cc1NC(=O)NC2. The first-order valence-electron chi connectivity index (χ1n) is 25.0. The fourth-order valence-corrected chi connectivity index (χ4v) is 9.67. The lowest BCUT2D eigenvalue weighted by Gasteiger charge is -2.27. The van der Waals surface area contributed by atoms with E-state index in [-0.39, 0.29) is 66.6 Å². The van der Waals surface area contributed by atoms with Crippen LogP contribution in [0.4, 0.5) is 52.4 Å². The van der Waals surface area contributed by atoms with Crippen molar-refractivity contribution < 1.29 is 43.8 Å². The highest BCUT2D eigenvalue weighted by Crippen LogP contribution is 2.33. The topological polar surface area (TPSA) is 280 Å². The van der Waals surface area contributed by atoms with Crippen LogP contribution < -0.4 is 53.2 Å². The van der Waals surface area contributed by atoms with E-state index in [0.29, 0.717) is 50.6 Å². The molecule has 390 valence electrons. The second-order valence-electron chi connectivity index (χ2n) is 17.5. The molecule has 6 rings (SSSR count). The van der Waals surface area contributed by atoms with E-state index in [0.717, 1.165) is 61.2 Å². The summed E-state index contributed by atoms with van der Waals surface area (Å²) in [6.07, 6.45) is 3.88. The average molecular weight is 1010 g/mol. The summed E-state index contributed by atoms with van der Waals surface area (Å²) in [7, 11) is 0. The molecule has 0 aliphatic carbocycles. The number of carboxylic acids is 2. The van der Waals surface area contributed by atoms with Crippen molar-refractivity contribution in [1.82, 2.24) is 26.6 Å². The van der Waals surface area contributed by atoms with Crippen molar-refractivity contribution in [3.8, 4) is 0 Å². The molecule has 74 heavy (non-hydrogen) atoms. The zero-order valence-corrected chi connectivity index (χ0v) is 42.7. The second-order valence-corrected chi connectivity index (χ2v) is 17.5. The average Bonchev–Trinajstić information content (AvgIpc) is 3.38. The lowest BCUT2D eigenvalue weighted by Crippen LogP contribution is -2.34. The van der Waals surface area contributed by atoms with Gasteiger partial charge in [0.05, 0.1) is 33.9 Å². The standard InChI is InChI=1S/C55H66N10O9/c1-7-31-24-32(8-2)41-27-57-55(74)65-48-26-34(50(68)69)19-21-46(48)63-54(73)60-30-44-38(11-5)42(28-58-52(71)61-35-16-14-13-15-17-35)37(10-4)43(39(44)12-6)29-59-53(72)62-45-20-18-33(49(66)67)25-47(45)64-51(70)56-23-22-40(31)36(41)9-3/h13-21,24-26H,7-12,22-23,27-30H2,1-6H3,(H,66,67)(H,68,69)(H2,56,64,70)(H2,57,65,74)(H2,58,61,71)(H2,59,62,72)(H2,60,63,73). The van der Waals surface area contributed by atoms with Gasteiger partial charge < -0.3 is 63.4 Å². The van der Waals surface area contributed by atoms with Crippen LogP contribution in [0.2, 0.25) is 0 Å². The molecule has 0 fully saturated rings. The van der Waals surface area contributed by atoms with E-state index in [9.17, 15) is 43.8 Å². The first-order valence-corrected chi connectivity index (χ1v) is 25.0. The maximum absolute atomic E-state index is 14.0. The van der Waals surface area contributed by atoms with Crippen LogP contribution in [0.15, 0.2) is 72.8 Å². The molecule has 0 spiro atoms. The molecule has 12 N–H and O–H groups in total. The van der Waals surface area contributed by atoms with Gasteiger partial charge in [0.1, 0.15) is 0 Å². The highest BCUT2D eigenvalue weighted by Gasteiger charge is 2.25. The summed E-state index contributed by atoms with van der Waals surface area (Å²) >= 11 is 0. The van der Waals surface area contributed by atoms with E-state index < -0.39 is 42.1 Å². The molecular formula is C55H66N10O9. The molecule has 19 nitrogen and oxygen atoms in total. The summed E-state index contributed by atoms with van der Waals surface area (Å²) in [6.45, 7) is 12.4. The molecule has 0 radical (unpaired) electrons. The third-order valence-corrected chi connectivity index (χ3v) is 13.1. The molecular weight excluding hydrogens is 945 g/mol. The molecule has 0 atom stereocenters. The van der Waals surface area contributed by atoms with Gasteiger partial charge in [0.25, 0.3) is 0 Å². The Morgan fingerprint density at radius 1 is 0.473 bits per heavy atom. The number of rotatable bonds is 11. The summed E-state index contributed by atoms with van der Waals surface area (Å²) in [5.41, 5.74) is 10.6. The predicted molar refractivity (Wildman–Crippen MR) is 287 cm³/mol. The van der Waals surface area contributed by atoms with Gasteiger partial charge in [-0.2, -0.15) is 0 Å². The first kappa shape index (κ1) is 54.7. The number of hydrogen-bond donors (Lipinski definition) is 12. The lowest BCUT2D eigenvalue weighted by molar-refractivity contribution is 0.0686. The summed E-state index contributed by atoms with van der Waals surface area (Å²) < 4.78 is 0. The van der Waals surface area contributed by atoms with Crippen LogP contribution in [-0.2, 0) is 71.1 Å². The molecule has 5 aromatic carbocycles. The minimum atomic E-state index is -1.24. The van der Waals surface area contributed by atoms with Gasteiger partial charge in [-0.1, -0.05) is 65.8 Å². The van der Waals surface area contributed by atoms with Crippen molar-refractivity contribution in [1.29, 1.82) is 0 Å². The van der Waals surface area contributed by atoms with E-state index >= 15 is 0 Å². The Balaban J connectivity index is 1.43. The van der Waals surface area contributed by atoms with Crippen molar-refractivity contribution in [2.75, 3.05) is 33.1 Å². The molecule has 1 heterocycles. The number of anilines is 5. The minimum Gasteiger partial charge on any atom is -0.478 e. The van der Waals surface area contributed by atoms with E-state index in [1.165, 1.54) is 36.4 Å². The van der Waals surface area contributed by atoms with Crippen LogP contribution in [0, 0.1) is 0 Å². The molecule has 19 heteroatoms. The molecule has 0 saturated heterocycles. The van der Waals surface area contributed by atoms with Crippen molar-refractivity contribution in [2.45, 2.75) is 113 Å². The van der Waals surface area contributed by atoms with E-state index in [2.05, 4.69) is 59.2 Å². The monoisotopic (exact) mass is 1010 g/mol. The van der Waals surface area contributed by atoms with Gasteiger partial charge in [-0.15, -0.1) is 0 Å². The van der Waals surface area contributed by atoms with E-state index in [1.807, 2.05) is 47.6 Å². The number of aromatic carboxylic acids is 2. The quantitative estimate of drug-likeness (QED) is 0.0599. The molecule has 0 aromatic heterocycles. The summed E-state index contributed by atoms with van der Waals surface area (Å²) in [6, 6.07) is 16.0. The van der Waals surface area contributed by atoms with Crippen molar-refractivity contribution >= 4 is 70.5 Å². The van der Waals surface area contributed by atoms with Crippen LogP contribution in [0.3, 0.4) is 0 Å². The number of carbonyl (C=O) groups is 7. The lowest BCUT2D eigenvalue weighted by atomic mass is 9.83. The number of nitrogens with one attached hydrogen (secondary N) is 10. The number of aryl methyl sites for hydroxylation is 2. The van der Waals surface area contributed by atoms with Crippen molar-refractivity contribution in [3.63, 3.8) is 0 Å². The van der Waals surface area contributed by atoms with Gasteiger partial charge in [0.15, 0.2) is 0 Å². The highest BCUT2D eigenvalue weighted by atomic mass is 16.4. The molecule has 0 saturated carbocycles. The van der Waals surface area contributed by atoms with Gasteiger partial charge in [-0.3, -0.25) is 0 Å². The van der Waals surface area contributed by atoms with Gasteiger partial charge in [-0.05, 0) is 155 Å². The molecule has 5 aromatic rings. The molecule has 0 unspecified atom stereocenters. The normalized spacial score (nSPS) is 13.5. The van der Waals surface area contributed by atoms with Crippen molar-refractivity contribution in [3.05, 3.63) is 145 Å². The first-order chi connectivity index (χ1) is 35.6. The van der Waals surface area contributed by atoms with Gasteiger partial charge in [0, 0.05) is 38.4 Å². The number of amides is 10. The van der Waals surface area contributed by atoms with Crippen LogP contribution >= 0.6 is 0 Å². The number of benzene rings is 5. The fourth-order valence-electron chi connectivity index (χ4n) is 9.67. The third-order valence-electron chi connectivity index (χ3n) is 13.1. The number of para-hydroxylation sites is 1. The summed E-state index contributed by atoms with van der Waals surface area (Å²) in [5, 5.41) is 48.4. The van der Waals surface area contributed by atoms with E-state index in [4.69, 9.17) is 0 Å². The second kappa shape index (κ2) is 25.7. The number of fused-ring (bicyclic) bond motifs is 6. The van der Waals surface area contributed by atoms with Crippen LogP contribution in [0.25, 0.3) is 0 Å². The molecule has 1 aliphatic rings. The largest absolute Gasteiger partial charge is 0.478 e. The Bertz CT molecular complexity index is 2940. The van der Waals surface area contributed by atoms with Crippen LogP contribution in [0.1, 0.15) is 123 Å². The number of urea groups is 5. The molecule has 10 amide bonds.